The summed E-state index contributed by atoms with van der Waals surface area (Å²) in [7, 11) is 4.69. The lowest BCUT2D eigenvalue weighted by Gasteiger charge is -2.20. The maximum Gasteiger partial charge on any atom is 0.322 e. The van der Waals surface area contributed by atoms with Crippen LogP contribution in [0.3, 0.4) is 0 Å². The average molecular weight is 263 g/mol. The lowest BCUT2D eigenvalue weighted by atomic mass is 10.3. The molecule has 1 rings (SSSR count). The topological polar surface area (TPSA) is 80.6 Å². The molecule has 1 atom stereocenters. The van der Waals surface area contributed by atoms with E-state index in [0.717, 1.165) is 0 Å². The Balaban J connectivity index is 2.74. The number of aliphatic hydroxyl groups excluding tert-OH is 1. The summed E-state index contributed by atoms with van der Waals surface area (Å²) in [5, 5.41) is 9.62. The van der Waals surface area contributed by atoms with Crippen molar-refractivity contribution in [3.8, 4) is 6.01 Å². The first kappa shape index (κ1) is 13.9. The molecule has 0 spiro atoms. The summed E-state index contributed by atoms with van der Waals surface area (Å²) in [6, 6.07) is 0.132. The highest BCUT2D eigenvalue weighted by molar-refractivity contribution is 6.28. The molecule has 0 bridgehead atoms. The molecule has 1 aromatic heterocycles. The van der Waals surface area contributed by atoms with Gasteiger partial charge in [0.15, 0.2) is 0 Å². The Morgan fingerprint density at radius 1 is 1.35 bits per heavy atom. The van der Waals surface area contributed by atoms with Gasteiger partial charge in [-0.1, -0.05) is 0 Å². The van der Waals surface area contributed by atoms with Crippen molar-refractivity contribution in [2.24, 2.45) is 0 Å². The first-order valence-electron chi connectivity index (χ1n) is 4.90. The Kier molecular flexibility index (Phi) is 5.33. The minimum atomic E-state index is -0.633. The molecule has 0 fully saturated rings. The summed E-state index contributed by atoms with van der Waals surface area (Å²) < 4.78 is 9.71. The third-order valence-electron chi connectivity index (χ3n) is 1.94. The summed E-state index contributed by atoms with van der Waals surface area (Å²) in [5.74, 6) is 0.331. The largest absolute Gasteiger partial charge is 0.467 e. The fourth-order valence-electron chi connectivity index (χ4n) is 1.23. The second kappa shape index (κ2) is 6.53. The quantitative estimate of drug-likeness (QED) is 0.771. The molecule has 1 unspecified atom stereocenters. The van der Waals surface area contributed by atoms with Gasteiger partial charge in [0.05, 0.1) is 19.8 Å². The zero-order valence-corrected chi connectivity index (χ0v) is 10.7. The zero-order chi connectivity index (χ0) is 12.8. The Hall–Kier alpha value is -1.18. The smallest absolute Gasteiger partial charge is 0.322 e. The summed E-state index contributed by atoms with van der Waals surface area (Å²) in [5.41, 5.74) is 0. The number of rotatable bonds is 6. The van der Waals surface area contributed by atoms with Gasteiger partial charge < -0.3 is 19.5 Å². The van der Waals surface area contributed by atoms with Crippen LogP contribution in [-0.4, -0.2) is 60.6 Å². The van der Waals surface area contributed by atoms with Gasteiger partial charge in [0.25, 0.3) is 0 Å². The van der Waals surface area contributed by atoms with E-state index in [1.807, 2.05) is 0 Å². The van der Waals surface area contributed by atoms with Gasteiger partial charge in [-0.25, -0.2) is 0 Å². The molecule has 0 aliphatic heterocycles. The molecule has 1 aromatic rings. The molecule has 17 heavy (non-hydrogen) atoms. The number of halogens is 1. The Morgan fingerprint density at radius 3 is 2.65 bits per heavy atom. The van der Waals surface area contributed by atoms with Crippen LogP contribution in [0.5, 0.6) is 6.01 Å². The maximum atomic E-state index is 9.57. The highest BCUT2D eigenvalue weighted by atomic mass is 35.5. The van der Waals surface area contributed by atoms with Gasteiger partial charge in [-0.3, -0.25) is 0 Å². The van der Waals surface area contributed by atoms with E-state index in [4.69, 9.17) is 21.1 Å². The van der Waals surface area contributed by atoms with E-state index in [1.165, 1.54) is 14.2 Å². The zero-order valence-electron chi connectivity index (χ0n) is 9.92. The second-order valence-electron chi connectivity index (χ2n) is 3.38. The lowest BCUT2D eigenvalue weighted by molar-refractivity contribution is 0.0693. The van der Waals surface area contributed by atoms with E-state index in [9.17, 15) is 5.11 Å². The molecule has 0 aromatic carbocycles. The van der Waals surface area contributed by atoms with Gasteiger partial charge in [-0.2, -0.15) is 15.0 Å². The number of hydrogen-bond donors (Lipinski definition) is 1. The van der Waals surface area contributed by atoms with Crippen molar-refractivity contribution in [3.63, 3.8) is 0 Å². The highest BCUT2D eigenvalue weighted by Gasteiger charge is 2.13. The van der Waals surface area contributed by atoms with Crippen molar-refractivity contribution >= 4 is 17.5 Å². The van der Waals surface area contributed by atoms with Crippen LogP contribution in [-0.2, 0) is 4.74 Å². The number of anilines is 1. The molecular weight excluding hydrogens is 248 g/mol. The van der Waals surface area contributed by atoms with Crippen LogP contribution in [0.25, 0.3) is 0 Å². The molecule has 96 valence electrons. The molecule has 0 aliphatic carbocycles. The summed E-state index contributed by atoms with van der Waals surface area (Å²) in [4.78, 5) is 13.3. The number of nitrogens with zero attached hydrogens (tertiary/aromatic N) is 4. The molecule has 0 amide bonds. The predicted molar refractivity (Wildman–Crippen MR) is 62.5 cm³/mol. The minimum absolute atomic E-state index is 0.0416. The number of aliphatic hydroxyl groups is 1. The van der Waals surface area contributed by atoms with Crippen molar-refractivity contribution in [2.45, 2.75) is 6.10 Å². The van der Waals surface area contributed by atoms with Gasteiger partial charge >= 0.3 is 6.01 Å². The Bertz CT molecular complexity index is 366. The molecule has 8 heteroatoms. The van der Waals surface area contributed by atoms with Crippen molar-refractivity contribution in [1.29, 1.82) is 0 Å². The van der Waals surface area contributed by atoms with E-state index in [2.05, 4.69) is 15.0 Å². The van der Waals surface area contributed by atoms with Crippen molar-refractivity contribution in [1.82, 2.24) is 15.0 Å². The van der Waals surface area contributed by atoms with E-state index in [0.29, 0.717) is 12.5 Å². The monoisotopic (exact) mass is 262 g/mol. The summed E-state index contributed by atoms with van der Waals surface area (Å²) >= 11 is 5.71. The number of likely N-dealkylation sites (N-methyl/N-ethyl adjacent to an activating group) is 1. The second-order valence-corrected chi connectivity index (χ2v) is 3.72. The van der Waals surface area contributed by atoms with E-state index >= 15 is 0 Å². The number of aromatic nitrogens is 3. The van der Waals surface area contributed by atoms with Gasteiger partial charge in [-0.15, -0.1) is 0 Å². The van der Waals surface area contributed by atoms with E-state index in [-0.39, 0.29) is 17.9 Å². The van der Waals surface area contributed by atoms with Crippen molar-refractivity contribution in [3.05, 3.63) is 5.28 Å². The van der Waals surface area contributed by atoms with Crippen LogP contribution in [0.1, 0.15) is 0 Å². The van der Waals surface area contributed by atoms with Gasteiger partial charge in [0.1, 0.15) is 0 Å². The first-order valence-corrected chi connectivity index (χ1v) is 5.28. The number of ether oxygens (including phenoxy) is 2. The van der Waals surface area contributed by atoms with Gasteiger partial charge in [0.2, 0.25) is 11.2 Å². The molecule has 0 radical (unpaired) electrons. The van der Waals surface area contributed by atoms with Crippen LogP contribution in [0.4, 0.5) is 5.95 Å². The van der Waals surface area contributed by atoms with Crippen molar-refractivity contribution in [2.75, 3.05) is 39.3 Å². The van der Waals surface area contributed by atoms with Crippen LogP contribution < -0.4 is 9.64 Å². The Labute approximate surface area is 104 Å². The molecule has 1 heterocycles. The van der Waals surface area contributed by atoms with E-state index < -0.39 is 6.10 Å². The van der Waals surface area contributed by atoms with Crippen LogP contribution in [0, 0.1) is 0 Å². The molecule has 7 nitrogen and oxygen atoms in total. The molecule has 0 saturated carbocycles. The lowest BCUT2D eigenvalue weighted by Crippen LogP contribution is -2.33. The average Bonchev–Trinajstić information content (AvgIpc) is 2.28. The maximum absolute atomic E-state index is 9.57. The van der Waals surface area contributed by atoms with Crippen LogP contribution in [0.15, 0.2) is 0 Å². The third kappa shape index (κ3) is 4.29. The molecule has 1 N–H and O–H groups in total. The fraction of sp³-hybridized carbons (Fsp3) is 0.667. The van der Waals surface area contributed by atoms with E-state index in [1.54, 1.807) is 11.9 Å². The van der Waals surface area contributed by atoms with Crippen LogP contribution >= 0.6 is 11.6 Å². The normalized spacial score (nSPS) is 12.3. The Morgan fingerprint density at radius 2 is 2.06 bits per heavy atom. The van der Waals surface area contributed by atoms with Crippen LogP contribution in [0.2, 0.25) is 5.28 Å². The standard InChI is InChI=1S/C9H15ClN4O3/c1-14(4-6(15)5-16-2)8-11-7(10)12-9(13-8)17-3/h6,15H,4-5H2,1-3H3. The number of hydrogen-bond acceptors (Lipinski definition) is 7. The van der Waals surface area contributed by atoms with Gasteiger partial charge in [-0.05, 0) is 11.6 Å². The number of methoxy groups -OCH3 is 2. The molecular formula is C9H15ClN4O3. The summed E-state index contributed by atoms with van der Waals surface area (Å²) in [6.07, 6.45) is -0.633. The van der Waals surface area contributed by atoms with Gasteiger partial charge in [0, 0.05) is 20.7 Å². The first-order chi connectivity index (χ1) is 8.06. The predicted octanol–water partition coefficient (Wildman–Crippen LogP) is -0.0229. The van der Waals surface area contributed by atoms with Crippen molar-refractivity contribution < 1.29 is 14.6 Å². The molecule has 0 saturated heterocycles. The SMILES string of the molecule is COCC(O)CN(C)c1nc(Cl)nc(OC)n1. The molecule has 0 aliphatic rings. The summed E-state index contributed by atoms with van der Waals surface area (Å²) in [6.45, 7) is 0.553. The fourth-order valence-corrected chi connectivity index (χ4v) is 1.37. The minimum Gasteiger partial charge on any atom is -0.467 e. The third-order valence-corrected chi connectivity index (χ3v) is 2.11. The highest BCUT2D eigenvalue weighted by Crippen LogP contribution is 2.13.